The summed E-state index contributed by atoms with van der Waals surface area (Å²) in [5, 5.41) is 0. The fraction of sp³-hybridized carbons (Fsp3) is 0.375. The van der Waals surface area contributed by atoms with Crippen LogP contribution in [0.5, 0.6) is 0 Å². The molecule has 2 aromatic rings. The lowest BCUT2D eigenvalue weighted by molar-refractivity contribution is -0.143. The van der Waals surface area contributed by atoms with Gasteiger partial charge in [-0.3, -0.25) is 19.4 Å². The number of ether oxygens (including phenoxy) is 2. The molecule has 0 aliphatic rings. The highest BCUT2D eigenvalue weighted by molar-refractivity contribution is 6.10. The predicted octanol–water partition coefficient (Wildman–Crippen LogP) is 3.95. The second kappa shape index (κ2) is 12.4. The maximum Gasteiger partial charge on any atom is 0.340 e. The Labute approximate surface area is 181 Å². The highest BCUT2D eigenvalue weighted by atomic mass is 16.5. The summed E-state index contributed by atoms with van der Waals surface area (Å²) in [7, 11) is 0. The fourth-order valence-electron chi connectivity index (χ4n) is 3.06. The minimum Gasteiger partial charge on any atom is -0.466 e. The lowest BCUT2D eigenvalue weighted by Crippen LogP contribution is -2.23. The number of nitrogens with zero attached hydrogens (tertiary/aromatic N) is 1. The average molecular weight is 425 g/mol. The number of rotatable bonds is 12. The van der Waals surface area contributed by atoms with Gasteiger partial charge in [0, 0.05) is 24.4 Å². The molecule has 1 heterocycles. The van der Waals surface area contributed by atoms with E-state index in [0.29, 0.717) is 25.9 Å². The topological polar surface area (TPSA) is 99.6 Å². The SMILES string of the molecule is CCOC(=O)CCCCC(C(C)=O)C(=O)c1cncc(C(=O)OCc2ccccc2)c1. The van der Waals surface area contributed by atoms with E-state index in [4.69, 9.17) is 9.47 Å². The first-order valence-electron chi connectivity index (χ1n) is 10.3. The number of unbranched alkanes of at least 4 members (excludes halogenated alkanes) is 1. The van der Waals surface area contributed by atoms with Crippen LogP contribution in [0.1, 0.15) is 65.8 Å². The molecule has 7 nitrogen and oxygen atoms in total. The number of aromatic nitrogens is 1. The summed E-state index contributed by atoms with van der Waals surface area (Å²) in [5.74, 6) is -2.40. The number of hydrogen-bond donors (Lipinski definition) is 0. The van der Waals surface area contributed by atoms with Gasteiger partial charge in [-0.05, 0) is 38.3 Å². The van der Waals surface area contributed by atoms with Gasteiger partial charge in [-0.2, -0.15) is 0 Å². The minimum absolute atomic E-state index is 0.106. The first kappa shape index (κ1) is 23.9. The quantitative estimate of drug-likeness (QED) is 0.220. The number of benzene rings is 1. The van der Waals surface area contributed by atoms with Crippen molar-refractivity contribution >= 4 is 23.5 Å². The van der Waals surface area contributed by atoms with Crippen LogP contribution in [-0.4, -0.2) is 35.1 Å². The van der Waals surface area contributed by atoms with Gasteiger partial charge in [-0.15, -0.1) is 0 Å². The Hall–Kier alpha value is -3.35. The van der Waals surface area contributed by atoms with Crippen LogP contribution in [-0.2, 0) is 25.7 Å². The largest absolute Gasteiger partial charge is 0.466 e. The highest BCUT2D eigenvalue weighted by Gasteiger charge is 2.25. The first-order valence-corrected chi connectivity index (χ1v) is 10.3. The molecule has 0 N–H and O–H groups in total. The molecule has 0 saturated heterocycles. The number of pyridine rings is 1. The van der Waals surface area contributed by atoms with Crippen molar-refractivity contribution in [1.82, 2.24) is 4.98 Å². The van der Waals surface area contributed by atoms with Gasteiger partial charge in [-0.1, -0.05) is 36.8 Å². The average Bonchev–Trinajstić information content (AvgIpc) is 2.77. The summed E-state index contributed by atoms with van der Waals surface area (Å²) >= 11 is 0. The Bertz CT molecular complexity index is 909. The predicted molar refractivity (Wildman–Crippen MR) is 113 cm³/mol. The molecule has 0 amide bonds. The minimum atomic E-state index is -0.848. The molecule has 1 aromatic carbocycles. The van der Waals surface area contributed by atoms with E-state index < -0.39 is 17.7 Å². The second-order valence-corrected chi connectivity index (χ2v) is 7.10. The van der Waals surface area contributed by atoms with Crippen LogP contribution in [0, 0.1) is 5.92 Å². The molecular weight excluding hydrogens is 398 g/mol. The van der Waals surface area contributed by atoms with Crippen molar-refractivity contribution in [3.05, 3.63) is 65.5 Å². The van der Waals surface area contributed by atoms with E-state index in [0.717, 1.165) is 5.56 Å². The maximum absolute atomic E-state index is 12.9. The van der Waals surface area contributed by atoms with Crippen molar-refractivity contribution in [3.8, 4) is 0 Å². The lowest BCUT2D eigenvalue weighted by Gasteiger charge is -2.13. The van der Waals surface area contributed by atoms with Crippen molar-refractivity contribution in [2.24, 2.45) is 5.92 Å². The zero-order chi connectivity index (χ0) is 22.6. The fourth-order valence-corrected chi connectivity index (χ4v) is 3.06. The number of carbonyl (C=O) groups excluding carboxylic acids is 4. The van der Waals surface area contributed by atoms with Crippen molar-refractivity contribution in [1.29, 1.82) is 0 Å². The van der Waals surface area contributed by atoms with Crippen LogP contribution in [0.25, 0.3) is 0 Å². The van der Waals surface area contributed by atoms with E-state index in [-0.39, 0.29) is 35.9 Å². The van der Waals surface area contributed by atoms with Crippen molar-refractivity contribution in [2.45, 2.75) is 46.1 Å². The van der Waals surface area contributed by atoms with E-state index in [1.165, 1.54) is 25.4 Å². The molecular formula is C24H27NO6. The zero-order valence-electron chi connectivity index (χ0n) is 17.8. The Morgan fingerprint density at radius 2 is 1.68 bits per heavy atom. The number of Topliss-reactive ketones (excluding diaryl/α,β-unsaturated/α-hetero) is 2. The molecule has 1 atom stereocenters. The van der Waals surface area contributed by atoms with Crippen LogP contribution in [0.3, 0.4) is 0 Å². The number of esters is 2. The van der Waals surface area contributed by atoms with E-state index in [1.807, 2.05) is 30.3 Å². The summed E-state index contributed by atoms with van der Waals surface area (Å²) in [6.07, 6.45) is 4.28. The van der Waals surface area contributed by atoms with Gasteiger partial charge in [-0.25, -0.2) is 4.79 Å². The Morgan fingerprint density at radius 1 is 0.968 bits per heavy atom. The number of carbonyl (C=O) groups is 4. The molecule has 0 aliphatic heterocycles. The third-order valence-electron chi connectivity index (χ3n) is 4.71. The Kier molecular flexibility index (Phi) is 9.55. The summed E-state index contributed by atoms with van der Waals surface area (Å²) in [5.41, 5.74) is 1.17. The molecule has 0 spiro atoms. The molecule has 0 fully saturated rings. The standard InChI is InChI=1S/C24H27NO6/c1-3-30-22(27)12-8-7-11-21(17(2)26)23(28)19-13-20(15-25-14-19)24(29)31-16-18-9-5-4-6-10-18/h4-6,9-10,13-15,21H,3,7-8,11-12,16H2,1-2H3. The van der Waals surface area contributed by atoms with Crippen LogP contribution in [0.15, 0.2) is 48.8 Å². The Balaban J connectivity index is 1.97. The molecule has 0 aliphatic carbocycles. The summed E-state index contributed by atoms with van der Waals surface area (Å²) in [4.78, 5) is 52.6. The van der Waals surface area contributed by atoms with Crippen LogP contribution >= 0.6 is 0 Å². The summed E-state index contributed by atoms with van der Waals surface area (Å²) in [6.45, 7) is 3.53. The highest BCUT2D eigenvalue weighted by Crippen LogP contribution is 2.18. The summed E-state index contributed by atoms with van der Waals surface area (Å²) in [6, 6.07) is 10.6. The van der Waals surface area contributed by atoms with Gasteiger partial charge >= 0.3 is 11.9 Å². The maximum atomic E-state index is 12.9. The van der Waals surface area contributed by atoms with Gasteiger partial charge in [0.2, 0.25) is 0 Å². The van der Waals surface area contributed by atoms with Crippen molar-refractivity contribution in [2.75, 3.05) is 6.61 Å². The first-order chi connectivity index (χ1) is 14.9. The smallest absolute Gasteiger partial charge is 0.340 e. The van der Waals surface area contributed by atoms with Crippen LogP contribution < -0.4 is 0 Å². The molecule has 7 heteroatoms. The van der Waals surface area contributed by atoms with E-state index in [1.54, 1.807) is 6.92 Å². The number of hydrogen-bond acceptors (Lipinski definition) is 7. The van der Waals surface area contributed by atoms with Crippen molar-refractivity contribution in [3.63, 3.8) is 0 Å². The third kappa shape index (κ3) is 7.77. The molecule has 0 radical (unpaired) electrons. The van der Waals surface area contributed by atoms with Gasteiger partial charge < -0.3 is 9.47 Å². The van der Waals surface area contributed by atoms with Gasteiger partial charge in [0.25, 0.3) is 0 Å². The van der Waals surface area contributed by atoms with Gasteiger partial charge in [0.1, 0.15) is 12.4 Å². The zero-order valence-corrected chi connectivity index (χ0v) is 17.8. The summed E-state index contributed by atoms with van der Waals surface area (Å²) < 4.78 is 10.1. The Morgan fingerprint density at radius 3 is 2.35 bits per heavy atom. The molecule has 164 valence electrons. The molecule has 2 rings (SSSR count). The van der Waals surface area contributed by atoms with E-state index >= 15 is 0 Å². The monoisotopic (exact) mass is 425 g/mol. The molecule has 1 aromatic heterocycles. The molecule has 0 bridgehead atoms. The van der Waals surface area contributed by atoms with Crippen LogP contribution in [0.4, 0.5) is 0 Å². The van der Waals surface area contributed by atoms with Crippen LogP contribution in [0.2, 0.25) is 0 Å². The third-order valence-corrected chi connectivity index (χ3v) is 4.71. The molecule has 31 heavy (non-hydrogen) atoms. The van der Waals surface area contributed by atoms with Gasteiger partial charge in [0.05, 0.1) is 18.1 Å². The normalized spacial score (nSPS) is 11.4. The number of ketones is 2. The molecule has 1 unspecified atom stereocenters. The second-order valence-electron chi connectivity index (χ2n) is 7.10. The lowest BCUT2D eigenvalue weighted by atomic mass is 9.89. The molecule has 0 saturated carbocycles. The van der Waals surface area contributed by atoms with E-state index in [2.05, 4.69) is 4.98 Å². The van der Waals surface area contributed by atoms with Crippen molar-refractivity contribution < 1.29 is 28.7 Å². The van der Waals surface area contributed by atoms with Gasteiger partial charge in [0.15, 0.2) is 5.78 Å². The van der Waals surface area contributed by atoms with E-state index in [9.17, 15) is 19.2 Å².